The predicted octanol–water partition coefficient (Wildman–Crippen LogP) is 3.13. The first kappa shape index (κ1) is 15.4. The van der Waals surface area contributed by atoms with E-state index in [1.165, 1.54) is 7.11 Å². The zero-order valence-corrected chi connectivity index (χ0v) is 12.5. The fourth-order valence-corrected chi connectivity index (χ4v) is 1.77. The Morgan fingerprint density at radius 3 is 2.19 bits per heavy atom. The lowest BCUT2D eigenvalue weighted by molar-refractivity contribution is -0.136. The van der Waals surface area contributed by atoms with Gasteiger partial charge in [-0.1, -0.05) is 26.8 Å². The molecular weight excluding hydrogens is 220 g/mol. The van der Waals surface area contributed by atoms with E-state index in [1.54, 1.807) is 13.0 Å². The van der Waals surface area contributed by atoms with Crippen molar-refractivity contribution in [1.82, 2.24) is 0 Å². The molecule has 16 heavy (non-hydrogen) atoms. The Morgan fingerprint density at radius 2 is 1.81 bits per heavy atom. The van der Waals surface area contributed by atoms with Gasteiger partial charge in [-0.25, -0.2) is 4.79 Å². The Bertz CT molecular complexity index is 274. The van der Waals surface area contributed by atoms with Gasteiger partial charge < -0.3 is 9.16 Å². The van der Waals surface area contributed by atoms with Crippen molar-refractivity contribution in [3.8, 4) is 0 Å². The second kappa shape index (κ2) is 5.64. The smallest absolute Gasteiger partial charge is 0.333 e. The summed E-state index contributed by atoms with van der Waals surface area (Å²) in [5.74, 6) is -0.293. The number of hydrogen-bond acceptors (Lipinski definition) is 3. The van der Waals surface area contributed by atoms with Gasteiger partial charge in [0.2, 0.25) is 0 Å². The van der Waals surface area contributed by atoms with Crippen molar-refractivity contribution in [2.24, 2.45) is 0 Å². The number of hydrogen-bond donors (Lipinski definition) is 0. The summed E-state index contributed by atoms with van der Waals surface area (Å²) >= 11 is 0. The quantitative estimate of drug-likeness (QED) is 0.433. The average molecular weight is 244 g/mol. The van der Waals surface area contributed by atoms with Crippen LogP contribution in [0.3, 0.4) is 0 Å². The summed E-state index contributed by atoms with van der Waals surface area (Å²) in [4.78, 5) is 11.1. The number of carbonyl (C=O) groups excluding carboxylic acids is 1. The highest BCUT2D eigenvalue weighted by atomic mass is 28.4. The molecule has 0 aliphatic carbocycles. The van der Waals surface area contributed by atoms with E-state index >= 15 is 0 Å². The molecule has 4 heteroatoms. The maximum atomic E-state index is 11.1. The van der Waals surface area contributed by atoms with Crippen molar-refractivity contribution in [2.45, 2.75) is 45.8 Å². The zero-order valence-electron chi connectivity index (χ0n) is 11.5. The Kier molecular flexibility index (Phi) is 5.42. The number of carbonyl (C=O) groups is 1. The third-order valence-corrected chi connectivity index (χ3v) is 7.65. The molecule has 0 amide bonds. The van der Waals surface area contributed by atoms with Crippen molar-refractivity contribution in [2.75, 3.05) is 13.7 Å². The maximum absolute atomic E-state index is 11.1. The van der Waals surface area contributed by atoms with Crippen LogP contribution in [0.5, 0.6) is 0 Å². The third kappa shape index (κ3) is 4.49. The Balaban J connectivity index is 4.33. The lowest BCUT2D eigenvalue weighted by atomic mass is 10.2. The molecule has 0 saturated heterocycles. The van der Waals surface area contributed by atoms with E-state index in [0.29, 0.717) is 12.2 Å². The van der Waals surface area contributed by atoms with Gasteiger partial charge in [-0.2, -0.15) is 0 Å². The maximum Gasteiger partial charge on any atom is 0.333 e. The van der Waals surface area contributed by atoms with Crippen LogP contribution in [0, 0.1) is 0 Å². The summed E-state index contributed by atoms with van der Waals surface area (Å²) < 4.78 is 10.5. The van der Waals surface area contributed by atoms with Crippen LogP contribution in [0.15, 0.2) is 11.6 Å². The average Bonchev–Trinajstić information content (AvgIpc) is 2.14. The monoisotopic (exact) mass is 244 g/mol. The summed E-state index contributed by atoms with van der Waals surface area (Å²) in [6, 6.07) is 0. The van der Waals surface area contributed by atoms with Gasteiger partial charge in [0, 0.05) is 5.57 Å². The fourth-order valence-electron chi connectivity index (χ4n) is 0.836. The van der Waals surface area contributed by atoms with Gasteiger partial charge >= 0.3 is 5.97 Å². The number of rotatable bonds is 4. The van der Waals surface area contributed by atoms with Gasteiger partial charge in [0.05, 0.1) is 13.7 Å². The summed E-state index contributed by atoms with van der Waals surface area (Å²) in [7, 11) is -0.330. The minimum Gasteiger partial charge on any atom is -0.466 e. The zero-order chi connectivity index (χ0) is 13.0. The van der Waals surface area contributed by atoms with Gasteiger partial charge in [-0.15, -0.1) is 0 Å². The molecule has 3 nitrogen and oxygen atoms in total. The normalized spacial score (nSPS) is 13.8. The highest BCUT2D eigenvalue weighted by Gasteiger charge is 2.36. The number of esters is 1. The molecule has 0 rings (SSSR count). The van der Waals surface area contributed by atoms with E-state index in [4.69, 9.17) is 4.43 Å². The number of methoxy groups -OCH3 is 1. The minimum absolute atomic E-state index is 0.194. The van der Waals surface area contributed by atoms with Crippen molar-refractivity contribution < 1.29 is 14.0 Å². The van der Waals surface area contributed by atoms with Crippen LogP contribution in [0.4, 0.5) is 0 Å². The van der Waals surface area contributed by atoms with E-state index in [1.807, 2.05) is 0 Å². The molecule has 0 aromatic rings. The Hall–Kier alpha value is -0.613. The van der Waals surface area contributed by atoms with E-state index < -0.39 is 8.32 Å². The van der Waals surface area contributed by atoms with Crippen LogP contribution >= 0.6 is 0 Å². The minimum atomic E-state index is -1.71. The molecule has 0 aliphatic heterocycles. The highest BCUT2D eigenvalue weighted by Crippen LogP contribution is 2.36. The first-order valence-electron chi connectivity index (χ1n) is 5.51. The van der Waals surface area contributed by atoms with Crippen molar-refractivity contribution in [3.05, 3.63) is 11.6 Å². The third-order valence-electron chi connectivity index (χ3n) is 3.15. The summed E-state index contributed by atoms with van der Waals surface area (Å²) in [5, 5.41) is 0.194. The van der Waals surface area contributed by atoms with Crippen molar-refractivity contribution in [1.29, 1.82) is 0 Å². The van der Waals surface area contributed by atoms with E-state index in [0.717, 1.165) is 0 Å². The molecule has 0 N–H and O–H groups in total. The second-order valence-corrected chi connectivity index (χ2v) is 10.3. The van der Waals surface area contributed by atoms with Crippen molar-refractivity contribution in [3.63, 3.8) is 0 Å². The van der Waals surface area contributed by atoms with Crippen LogP contribution in [-0.4, -0.2) is 28.0 Å². The first-order valence-corrected chi connectivity index (χ1v) is 8.41. The van der Waals surface area contributed by atoms with E-state index in [2.05, 4.69) is 38.6 Å². The molecule has 0 bridgehead atoms. The first-order chi connectivity index (χ1) is 7.12. The van der Waals surface area contributed by atoms with Gasteiger partial charge in [0.15, 0.2) is 8.32 Å². The molecule has 0 unspecified atom stereocenters. The predicted molar refractivity (Wildman–Crippen MR) is 68.9 cm³/mol. The van der Waals surface area contributed by atoms with Gasteiger partial charge in [-0.3, -0.25) is 0 Å². The Labute approximate surface area is 100.0 Å². The van der Waals surface area contributed by atoms with E-state index in [-0.39, 0.29) is 11.0 Å². The lowest BCUT2D eigenvalue weighted by Crippen LogP contribution is -2.40. The summed E-state index contributed by atoms with van der Waals surface area (Å²) in [6.45, 7) is 13.2. The van der Waals surface area contributed by atoms with E-state index in [9.17, 15) is 4.79 Å². The van der Waals surface area contributed by atoms with Crippen LogP contribution in [0.25, 0.3) is 0 Å². The summed E-state index contributed by atoms with van der Waals surface area (Å²) in [5.41, 5.74) is 0.598. The van der Waals surface area contributed by atoms with Crippen molar-refractivity contribution >= 4 is 14.3 Å². The molecule has 0 aromatic heterocycles. The molecule has 0 heterocycles. The molecule has 0 atom stereocenters. The summed E-state index contributed by atoms with van der Waals surface area (Å²) in [6.07, 6.45) is 1.78. The molecule has 0 spiro atoms. The molecular formula is C12H24O3Si. The highest BCUT2D eigenvalue weighted by molar-refractivity contribution is 6.74. The largest absolute Gasteiger partial charge is 0.466 e. The van der Waals surface area contributed by atoms with Gasteiger partial charge in [0.25, 0.3) is 0 Å². The van der Waals surface area contributed by atoms with Crippen LogP contribution < -0.4 is 0 Å². The topological polar surface area (TPSA) is 35.5 Å². The second-order valence-electron chi connectivity index (χ2n) is 5.45. The van der Waals surface area contributed by atoms with Gasteiger partial charge in [0.1, 0.15) is 0 Å². The van der Waals surface area contributed by atoms with Crippen LogP contribution in [0.1, 0.15) is 27.7 Å². The lowest BCUT2D eigenvalue weighted by Gasteiger charge is -2.35. The Morgan fingerprint density at radius 1 is 1.31 bits per heavy atom. The standard InChI is InChI=1S/C12H24O3Si/c1-10(11(13)14-5)8-9-15-16(6,7)12(2,3)4/h8H,9H2,1-7H3/b10-8-. The molecule has 94 valence electrons. The molecule has 0 aromatic carbocycles. The molecule has 0 saturated carbocycles. The van der Waals surface area contributed by atoms with Gasteiger partial charge in [-0.05, 0) is 25.1 Å². The molecule has 0 fully saturated rings. The molecule has 0 radical (unpaired) electrons. The molecule has 0 aliphatic rings. The SMILES string of the molecule is COC(=O)/C(C)=C\CO[Si](C)(C)C(C)(C)C. The number of ether oxygens (including phenoxy) is 1. The fraction of sp³-hybridized carbons (Fsp3) is 0.750. The van der Waals surface area contributed by atoms with Crippen LogP contribution in [-0.2, 0) is 14.0 Å². The van der Waals surface area contributed by atoms with Crippen LogP contribution in [0.2, 0.25) is 18.1 Å².